The van der Waals surface area contributed by atoms with Crippen molar-refractivity contribution in [2.75, 3.05) is 0 Å². The standard InChI is InChI=1S/C64H54Br4N4.4F6P/c65-39-47-1-9-51(10-2-47)43-69-25-17-55(18-26-69)59-33-60(56-19-27-70(28-20-56)44-52-11-3-48(40-66)4-12-52)36-63(35-59)64-37-61(57-21-29-71(30-22-57)45-53-13-5-49(41-67)6-14-53)34-62(38-64)58-23-31-72(32-24-58)46-54-15-7-50(42-68)8-16-54;4*1-7(2,3,4,5)6/h1-38H,39-46H2;;;;/q+4;4*-1. The minimum atomic E-state index is -10.7. The Balaban J connectivity index is 0.000000473. The summed E-state index contributed by atoms with van der Waals surface area (Å²) in [6.45, 7) is 3.23. The van der Waals surface area contributed by atoms with Crippen LogP contribution in [0.3, 0.4) is 0 Å². The molecule has 6 aromatic carbocycles. The summed E-state index contributed by atoms with van der Waals surface area (Å²) in [5, 5.41) is 3.43. The Hall–Kier alpha value is -6.12. The molecule has 10 aromatic rings. The third-order valence-corrected chi connectivity index (χ3v) is 15.9. The molecule has 0 aliphatic heterocycles. The summed E-state index contributed by atoms with van der Waals surface area (Å²) in [5.74, 6) is 0. The van der Waals surface area contributed by atoms with Crippen LogP contribution in [0, 0.1) is 0 Å². The molecule has 100 heavy (non-hydrogen) atoms. The molecule has 546 valence electrons. The number of hydrogen-bond acceptors (Lipinski definition) is 0. The third-order valence-electron chi connectivity index (χ3n) is 13.3. The number of hydrogen-bond donors (Lipinski definition) is 0. The first kappa shape index (κ1) is 82.8. The van der Waals surface area contributed by atoms with E-state index >= 15 is 0 Å². The van der Waals surface area contributed by atoms with Gasteiger partial charge in [0, 0.05) is 92.1 Å². The first-order valence-corrected chi connectivity index (χ1v) is 40.9. The van der Waals surface area contributed by atoms with E-state index in [2.05, 4.69) is 314 Å². The molecule has 0 spiro atoms. The molecule has 0 radical (unpaired) electrons. The van der Waals surface area contributed by atoms with Crippen molar-refractivity contribution in [2.24, 2.45) is 0 Å². The Morgan fingerprint density at radius 3 is 0.410 bits per heavy atom. The van der Waals surface area contributed by atoms with Crippen LogP contribution in [-0.4, -0.2) is 0 Å². The van der Waals surface area contributed by atoms with Crippen LogP contribution in [0.5, 0.6) is 0 Å². The van der Waals surface area contributed by atoms with Gasteiger partial charge in [-0.3, -0.25) is 0 Å². The van der Waals surface area contributed by atoms with Crippen LogP contribution in [0.15, 0.2) is 232 Å². The SMILES string of the molecule is BrCc1ccc(C[n+]2ccc(-c3cc(-c4cc[n+](Cc5ccc(CBr)cc5)cc4)cc(-c4cc(-c5cc[n+](Cc6ccc(CBr)cc6)cc5)cc(-c5cc[n+](Cc6ccc(CBr)cc6)cc5)c4)c3)cc2)cc1.F[P-](F)(F)(F)(F)F.F[P-](F)(F)(F)(F)F.F[P-](F)(F)(F)(F)F.F[P-](F)(F)(F)(F)F. The van der Waals surface area contributed by atoms with Gasteiger partial charge < -0.3 is 0 Å². The number of pyridine rings is 4. The minimum absolute atomic E-state index is 0.808. The quantitative estimate of drug-likeness (QED) is 0.0374. The molecule has 36 heteroatoms. The van der Waals surface area contributed by atoms with E-state index in [1.165, 1.54) is 89.0 Å². The van der Waals surface area contributed by atoms with E-state index in [0.29, 0.717) is 0 Å². The van der Waals surface area contributed by atoms with Crippen molar-refractivity contribution in [3.63, 3.8) is 0 Å². The average Bonchev–Trinajstić information content (AvgIpc) is 0.435. The third kappa shape index (κ3) is 37.7. The molecule has 4 heterocycles. The Kier molecular flexibility index (Phi) is 23.6. The van der Waals surface area contributed by atoms with E-state index < -0.39 is 31.2 Å². The van der Waals surface area contributed by atoms with Gasteiger partial charge in [-0.25, -0.2) is 18.3 Å². The van der Waals surface area contributed by atoms with E-state index in [4.69, 9.17) is 0 Å². The summed E-state index contributed by atoms with van der Waals surface area (Å²) in [4.78, 5) is 0. The first-order valence-electron chi connectivity index (χ1n) is 28.3. The number of nitrogens with zero attached hydrogens (tertiary/aromatic N) is 4. The molecule has 10 rings (SSSR count). The van der Waals surface area contributed by atoms with Crippen molar-refractivity contribution in [3.05, 3.63) is 276 Å². The Labute approximate surface area is 589 Å². The molecule has 4 aromatic heterocycles. The van der Waals surface area contributed by atoms with Crippen LogP contribution in [0.1, 0.15) is 44.5 Å². The van der Waals surface area contributed by atoms with Crippen LogP contribution in [-0.2, 0) is 47.5 Å². The number of aromatic nitrogens is 4. The molecular formula is C64H54Br4F24N4P4. The summed E-state index contributed by atoms with van der Waals surface area (Å²) < 4.78 is 246. The van der Waals surface area contributed by atoms with Crippen molar-refractivity contribution in [1.29, 1.82) is 0 Å². The second-order valence-corrected chi connectivity index (χ2v) is 32.2. The van der Waals surface area contributed by atoms with Crippen LogP contribution in [0.25, 0.3) is 55.6 Å². The van der Waals surface area contributed by atoms with Crippen molar-refractivity contribution in [2.45, 2.75) is 47.5 Å². The Morgan fingerprint density at radius 2 is 0.290 bits per heavy atom. The molecule has 0 fully saturated rings. The monoisotopic (exact) mass is 1770 g/mol. The van der Waals surface area contributed by atoms with Gasteiger partial charge in [-0.15, -0.1) is 0 Å². The summed E-state index contributed by atoms with van der Waals surface area (Å²) in [6, 6.07) is 67.5. The predicted octanol–water partition coefficient (Wildman–Crippen LogP) is 28.5. The zero-order valence-electron chi connectivity index (χ0n) is 50.8. The molecule has 0 aliphatic carbocycles. The fourth-order valence-corrected chi connectivity index (χ4v) is 10.5. The fraction of sp³-hybridized carbons (Fsp3) is 0.125. The van der Waals surface area contributed by atoms with E-state index in [-0.39, 0.29) is 0 Å². The van der Waals surface area contributed by atoms with Crippen LogP contribution >= 0.6 is 95.0 Å². The van der Waals surface area contributed by atoms with Gasteiger partial charge in [-0.2, -0.15) is 0 Å². The maximum absolute atomic E-state index is 10.7. The van der Waals surface area contributed by atoms with Gasteiger partial charge in [-0.1, -0.05) is 161 Å². The van der Waals surface area contributed by atoms with Crippen molar-refractivity contribution in [3.8, 4) is 55.6 Å². The average molecular weight is 1780 g/mol. The molecule has 0 aliphatic rings. The number of benzene rings is 6. The molecule has 0 atom stereocenters. The second-order valence-electron chi connectivity index (χ2n) is 22.3. The molecule has 0 saturated carbocycles. The van der Waals surface area contributed by atoms with Crippen LogP contribution in [0.4, 0.5) is 101 Å². The van der Waals surface area contributed by atoms with Crippen LogP contribution in [0.2, 0.25) is 0 Å². The van der Waals surface area contributed by atoms with E-state index in [9.17, 15) is 101 Å². The second kappa shape index (κ2) is 28.5. The number of rotatable bonds is 17. The Bertz CT molecular complexity index is 3810. The van der Waals surface area contributed by atoms with E-state index in [0.717, 1.165) is 58.6 Å². The molecular weight excluding hydrogens is 1720 g/mol. The first-order chi connectivity index (χ1) is 45.2. The molecule has 0 unspecified atom stereocenters. The van der Waals surface area contributed by atoms with Crippen molar-refractivity contribution in [1.82, 2.24) is 0 Å². The van der Waals surface area contributed by atoms with Gasteiger partial charge in [-0.05, 0) is 114 Å². The topological polar surface area (TPSA) is 15.5 Å². The summed E-state index contributed by atoms with van der Waals surface area (Å²) >= 11 is 14.3. The molecule has 0 saturated heterocycles. The van der Waals surface area contributed by atoms with Crippen LogP contribution < -0.4 is 18.3 Å². The van der Waals surface area contributed by atoms with Gasteiger partial charge in [0.1, 0.15) is 0 Å². The summed E-state index contributed by atoms with van der Waals surface area (Å²) in [7, 11) is -42.6. The van der Waals surface area contributed by atoms with Gasteiger partial charge in [0.2, 0.25) is 0 Å². The number of alkyl halides is 4. The fourth-order valence-electron chi connectivity index (χ4n) is 9.05. The normalized spacial score (nSPS) is 14.6. The molecule has 0 N–H and O–H groups in total. The van der Waals surface area contributed by atoms with E-state index in [1.54, 1.807) is 0 Å². The van der Waals surface area contributed by atoms with Crippen molar-refractivity contribution >= 4 is 95.0 Å². The molecule has 0 amide bonds. The Morgan fingerprint density at radius 1 is 0.180 bits per heavy atom. The summed E-state index contributed by atoms with van der Waals surface area (Å²) in [6.07, 6.45) is 17.6. The van der Waals surface area contributed by atoms with Gasteiger partial charge >= 0.3 is 132 Å². The zero-order valence-corrected chi connectivity index (χ0v) is 60.7. The maximum atomic E-state index is 9.87. The predicted molar refractivity (Wildman–Crippen MR) is 361 cm³/mol. The molecule has 0 bridgehead atoms. The summed E-state index contributed by atoms with van der Waals surface area (Å²) in [5.41, 5.74) is 21.9. The number of halogens is 28. The van der Waals surface area contributed by atoms with Crippen molar-refractivity contribution < 1.29 is 119 Å². The molecule has 4 nitrogen and oxygen atoms in total. The zero-order chi connectivity index (χ0) is 74.9. The van der Waals surface area contributed by atoms with Gasteiger partial charge in [0.25, 0.3) is 0 Å². The van der Waals surface area contributed by atoms with Gasteiger partial charge in [0.05, 0.1) is 0 Å². The van der Waals surface area contributed by atoms with Gasteiger partial charge in [0.15, 0.2) is 75.8 Å². The van der Waals surface area contributed by atoms with E-state index in [1.807, 2.05) is 0 Å².